The highest BCUT2D eigenvalue weighted by atomic mass is 32.2. The largest absolute Gasteiger partial charge is 0.373 e. The Bertz CT molecular complexity index is 958. The molecule has 0 N–H and O–H groups in total. The summed E-state index contributed by atoms with van der Waals surface area (Å²) in [7, 11) is -3.24. The fraction of sp³-hybridized carbons (Fsp3) is 0.421. The van der Waals surface area contributed by atoms with Crippen LogP contribution in [0.4, 0.5) is 5.95 Å². The van der Waals surface area contributed by atoms with Crippen LogP contribution in [0.15, 0.2) is 52.6 Å². The van der Waals surface area contributed by atoms with E-state index in [1.807, 2.05) is 0 Å². The minimum atomic E-state index is -3.24. The number of benzene rings is 1. The van der Waals surface area contributed by atoms with Gasteiger partial charge in [0, 0.05) is 37.3 Å². The second kappa shape index (κ2) is 8.44. The van der Waals surface area contributed by atoms with Crippen molar-refractivity contribution in [3.8, 4) is 0 Å². The molecule has 2 aliphatic heterocycles. The van der Waals surface area contributed by atoms with Crippen LogP contribution >= 0.6 is 0 Å². The fourth-order valence-electron chi connectivity index (χ4n) is 3.20. The Morgan fingerprint density at radius 1 is 1.14 bits per heavy atom. The van der Waals surface area contributed by atoms with Gasteiger partial charge in [0.25, 0.3) is 5.90 Å². The zero-order valence-electron chi connectivity index (χ0n) is 16.0. The molecule has 0 radical (unpaired) electrons. The lowest BCUT2D eigenvalue weighted by Gasteiger charge is -2.31. The summed E-state index contributed by atoms with van der Waals surface area (Å²) < 4.78 is 29.0. The molecule has 1 aromatic heterocycles. The Morgan fingerprint density at radius 2 is 1.83 bits per heavy atom. The predicted octanol–water partition coefficient (Wildman–Crippen LogP) is 1.60. The molecule has 10 heteroatoms. The highest BCUT2D eigenvalue weighted by Crippen LogP contribution is 2.20. The van der Waals surface area contributed by atoms with Crippen molar-refractivity contribution in [1.29, 1.82) is 0 Å². The molecule has 1 atom stereocenters. The van der Waals surface area contributed by atoms with E-state index in [1.54, 1.807) is 30.6 Å². The van der Waals surface area contributed by atoms with Gasteiger partial charge in [0.2, 0.25) is 12.2 Å². The molecule has 0 spiro atoms. The number of hydrogen-bond acceptors (Lipinski definition) is 9. The van der Waals surface area contributed by atoms with E-state index in [0.29, 0.717) is 11.5 Å². The van der Waals surface area contributed by atoms with Crippen LogP contribution in [0.25, 0.3) is 0 Å². The molecule has 0 amide bonds. The lowest BCUT2D eigenvalue weighted by Crippen LogP contribution is -2.38. The van der Waals surface area contributed by atoms with Crippen molar-refractivity contribution < 1.29 is 22.9 Å². The summed E-state index contributed by atoms with van der Waals surface area (Å²) >= 11 is 0. The van der Waals surface area contributed by atoms with Crippen molar-refractivity contribution in [2.45, 2.75) is 30.1 Å². The van der Waals surface area contributed by atoms with Gasteiger partial charge in [0.05, 0.1) is 17.6 Å². The van der Waals surface area contributed by atoms with Crippen molar-refractivity contribution >= 4 is 21.7 Å². The molecule has 2 aromatic rings. The van der Waals surface area contributed by atoms with Gasteiger partial charge in [0.1, 0.15) is 0 Å². The van der Waals surface area contributed by atoms with Gasteiger partial charge in [-0.1, -0.05) is 0 Å². The Balaban J connectivity index is 1.27. The number of anilines is 1. The van der Waals surface area contributed by atoms with E-state index in [2.05, 4.69) is 19.9 Å². The van der Waals surface area contributed by atoms with Crippen molar-refractivity contribution in [3.63, 3.8) is 0 Å². The van der Waals surface area contributed by atoms with Crippen LogP contribution < -0.4 is 4.90 Å². The van der Waals surface area contributed by atoms with E-state index < -0.39 is 16.1 Å². The molecule has 154 valence electrons. The quantitative estimate of drug-likeness (QED) is 0.652. The number of ether oxygens (including phenoxy) is 1. The Kier molecular flexibility index (Phi) is 5.74. The lowest BCUT2D eigenvalue weighted by atomic mass is 10.1. The van der Waals surface area contributed by atoms with Crippen LogP contribution in [0.1, 0.15) is 18.4 Å². The van der Waals surface area contributed by atoms with Gasteiger partial charge in [-0.15, -0.1) is 0 Å². The van der Waals surface area contributed by atoms with E-state index in [1.165, 1.54) is 18.4 Å². The van der Waals surface area contributed by atoms with Crippen LogP contribution in [0.2, 0.25) is 0 Å². The average Bonchev–Trinajstić information content (AvgIpc) is 3.22. The highest BCUT2D eigenvalue weighted by Gasteiger charge is 2.26. The second-order valence-corrected chi connectivity index (χ2v) is 8.95. The van der Waals surface area contributed by atoms with Crippen molar-refractivity contribution in [2.24, 2.45) is 4.99 Å². The summed E-state index contributed by atoms with van der Waals surface area (Å²) in [5.74, 6) is 1.06. The highest BCUT2D eigenvalue weighted by molar-refractivity contribution is 7.90. The fourth-order valence-corrected chi connectivity index (χ4v) is 3.83. The molecule has 3 heterocycles. The SMILES string of the molecule is CS(=O)(=O)c1ccc(C2=NC(COC3CCN(c4ncccn4)CC3)OO2)cc1. The molecule has 29 heavy (non-hydrogen) atoms. The van der Waals surface area contributed by atoms with Crippen LogP contribution in [0, 0.1) is 0 Å². The van der Waals surface area contributed by atoms with Crippen molar-refractivity contribution in [1.82, 2.24) is 9.97 Å². The van der Waals surface area contributed by atoms with E-state index in [9.17, 15) is 8.42 Å². The van der Waals surface area contributed by atoms with Gasteiger partial charge in [0.15, 0.2) is 9.84 Å². The summed E-state index contributed by atoms with van der Waals surface area (Å²) in [6, 6.07) is 8.12. The number of sulfone groups is 1. The van der Waals surface area contributed by atoms with Gasteiger partial charge < -0.3 is 14.5 Å². The summed E-state index contributed by atoms with van der Waals surface area (Å²) in [6.07, 6.45) is 5.96. The molecule has 1 fully saturated rings. The minimum absolute atomic E-state index is 0.117. The smallest absolute Gasteiger partial charge is 0.261 e. The van der Waals surface area contributed by atoms with Gasteiger partial charge in [-0.3, -0.25) is 0 Å². The first-order chi connectivity index (χ1) is 14.0. The molecule has 0 saturated carbocycles. The molecule has 0 aliphatic carbocycles. The summed E-state index contributed by atoms with van der Waals surface area (Å²) in [5, 5.41) is 0. The molecule has 1 saturated heterocycles. The summed E-state index contributed by atoms with van der Waals surface area (Å²) in [5.41, 5.74) is 0.649. The number of nitrogens with zero attached hydrogens (tertiary/aromatic N) is 4. The molecule has 1 aromatic carbocycles. The minimum Gasteiger partial charge on any atom is -0.373 e. The Hall–Kier alpha value is -2.56. The van der Waals surface area contributed by atoms with Crippen LogP contribution in [-0.2, 0) is 24.3 Å². The van der Waals surface area contributed by atoms with Gasteiger partial charge >= 0.3 is 0 Å². The van der Waals surface area contributed by atoms with E-state index >= 15 is 0 Å². The molecular weight excluding hydrogens is 396 g/mol. The summed E-state index contributed by atoms with van der Waals surface area (Å²) in [4.78, 5) is 25.7. The third-order valence-corrected chi connectivity index (χ3v) is 5.91. The zero-order valence-corrected chi connectivity index (χ0v) is 16.8. The first-order valence-corrected chi connectivity index (χ1v) is 11.2. The van der Waals surface area contributed by atoms with Crippen molar-refractivity contribution in [3.05, 3.63) is 48.3 Å². The molecule has 2 aliphatic rings. The van der Waals surface area contributed by atoms with E-state index in [0.717, 1.165) is 31.9 Å². The molecule has 1 unspecified atom stereocenters. The molecular formula is C19H22N4O5S. The van der Waals surface area contributed by atoms with Crippen molar-refractivity contribution in [2.75, 3.05) is 30.9 Å². The van der Waals surface area contributed by atoms with Crippen LogP contribution in [0.5, 0.6) is 0 Å². The normalized spacial score (nSPS) is 20.4. The van der Waals surface area contributed by atoms with Crippen LogP contribution in [-0.4, -0.2) is 62.6 Å². The standard InChI is InChI=1S/C19H22N4O5S/c1-29(24,25)16-5-3-14(4-6-16)18-22-17(27-28-18)13-26-15-7-11-23(12-8-15)19-20-9-2-10-21-19/h2-6,9-10,15,17H,7-8,11-13H2,1H3. The third kappa shape index (κ3) is 4.89. The monoisotopic (exact) mass is 418 g/mol. The van der Waals surface area contributed by atoms with E-state index in [-0.39, 0.29) is 17.6 Å². The topological polar surface area (TPSA) is 103 Å². The molecule has 9 nitrogen and oxygen atoms in total. The first kappa shape index (κ1) is 19.7. The molecule has 4 rings (SSSR count). The van der Waals surface area contributed by atoms with Gasteiger partial charge in [-0.2, -0.15) is 4.89 Å². The van der Waals surface area contributed by atoms with Gasteiger partial charge in [-0.05, 0) is 43.2 Å². The zero-order chi connectivity index (χ0) is 20.3. The number of rotatable bonds is 6. The maximum atomic E-state index is 11.5. The molecule has 0 bridgehead atoms. The number of aliphatic imine (C=N–C) groups is 1. The Morgan fingerprint density at radius 3 is 2.48 bits per heavy atom. The van der Waals surface area contributed by atoms with E-state index in [4.69, 9.17) is 14.5 Å². The Labute approximate surface area is 169 Å². The number of aromatic nitrogens is 2. The van der Waals surface area contributed by atoms with Crippen LogP contribution in [0.3, 0.4) is 0 Å². The maximum absolute atomic E-state index is 11.5. The maximum Gasteiger partial charge on any atom is 0.261 e. The number of hydrogen-bond donors (Lipinski definition) is 0. The third-order valence-electron chi connectivity index (χ3n) is 4.78. The average molecular weight is 418 g/mol. The number of piperidine rings is 1. The lowest BCUT2D eigenvalue weighted by molar-refractivity contribution is -0.247. The second-order valence-electron chi connectivity index (χ2n) is 6.93. The summed E-state index contributed by atoms with van der Waals surface area (Å²) in [6.45, 7) is 1.95. The first-order valence-electron chi connectivity index (χ1n) is 9.34. The predicted molar refractivity (Wildman–Crippen MR) is 105 cm³/mol. The van der Waals surface area contributed by atoms with Gasteiger partial charge in [-0.25, -0.2) is 23.4 Å².